The van der Waals surface area contributed by atoms with Crippen LogP contribution in [-0.4, -0.2) is 46.5 Å². The number of aromatic hydroxyl groups is 2. The number of likely N-dealkylation sites (tertiary alicyclic amines) is 1. The number of fused-ring (bicyclic) bond motifs is 1. The lowest BCUT2D eigenvalue weighted by molar-refractivity contribution is 0.172. The maximum atomic E-state index is 12.8. The first-order valence-electron chi connectivity index (χ1n) is 9.00. The summed E-state index contributed by atoms with van der Waals surface area (Å²) in [6.07, 6.45) is 0.694. The fourth-order valence-electron chi connectivity index (χ4n) is 4.08. The Bertz CT molecular complexity index is 1120. The number of hydrogen-bond donors (Lipinski definition) is 3. The highest BCUT2D eigenvalue weighted by molar-refractivity contribution is 9.10. The van der Waals surface area contributed by atoms with E-state index in [0.717, 1.165) is 11.0 Å². The normalized spacial score (nSPS) is 19.4. The lowest BCUT2D eigenvalue weighted by Crippen LogP contribution is -2.32. The quantitative estimate of drug-likeness (QED) is 0.525. The largest absolute Gasteiger partial charge is 0.507 e. The Morgan fingerprint density at radius 1 is 1.21 bits per heavy atom. The second-order valence-electron chi connectivity index (χ2n) is 7.14. The van der Waals surface area contributed by atoms with Crippen molar-refractivity contribution in [2.75, 3.05) is 20.2 Å². The van der Waals surface area contributed by atoms with Crippen LogP contribution in [0.1, 0.15) is 17.9 Å². The molecule has 8 heteroatoms. The van der Waals surface area contributed by atoms with Crippen molar-refractivity contribution >= 4 is 39.3 Å². The summed E-state index contributed by atoms with van der Waals surface area (Å²) < 4.78 is 6.91. The third-order valence-electron chi connectivity index (χ3n) is 5.49. The van der Waals surface area contributed by atoms with Crippen molar-refractivity contribution in [3.05, 3.63) is 56.7 Å². The summed E-state index contributed by atoms with van der Waals surface area (Å²) in [6.45, 7) is 0.659. The van der Waals surface area contributed by atoms with Gasteiger partial charge in [0.1, 0.15) is 28.2 Å². The molecule has 6 nitrogen and oxygen atoms in total. The van der Waals surface area contributed by atoms with Gasteiger partial charge in [-0.3, -0.25) is 4.79 Å². The van der Waals surface area contributed by atoms with E-state index >= 15 is 0 Å². The highest BCUT2D eigenvalue weighted by atomic mass is 79.9. The Labute approximate surface area is 181 Å². The molecule has 154 valence electrons. The Morgan fingerprint density at radius 3 is 2.66 bits per heavy atom. The van der Waals surface area contributed by atoms with Gasteiger partial charge in [-0.1, -0.05) is 28.1 Å². The van der Waals surface area contributed by atoms with E-state index in [0.29, 0.717) is 23.3 Å². The van der Waals surface area contributed by atoms with Crippen molar-refractivity contribution in [2.45, 2.75) is 18.4 Å². The minimum atomic E-state index is -0.387. The lowest BCUT2D eigenvalue weighted by atomic mass is 9.89. The average Bonchev–Trinajstić information content (AvgIpc) is 3.01. The Morgan fingerprint density at radius 2 is 1.97 bits per heavy atom. The minimum Gasteiger partial charge on any atom is -0.507 e. The van der Waals surface area contributed by atoms with Crippen LogP contribution < -0.4 is 5.43 Å². The van der Waals surface area contributed by atoms with Crippen molar-refractivity contribution < 1.29 is 19.7 Å². The van der Waals surface area contributed by atoms with Crippen LogP contribution in [0.15, 0.2) is 50.1 Å². The first-order chi connectivity index (χ1) is 13.4. The van der Waals surface area contributed by atoms with Gasteiger partial charge in [0, 0.05) is 39.7 Å². The number of nitrogens with zero attached hydrogens (tertiary/aromatic N) is 1. The molecule has 1 fully saturated rings. The highest BCUT2D eigenvalue weighted by Crippen LogP contribution is 2.44. The third-order valence-corrected chi connectivity index (χ3v) is 5.98. The molecular formula is C21H21BrClNO5. The van der Waals surface area contributed by atoms with Gasteiger partial charge in [0.15, 0.2) is 5.43 Å². The standard InChI is InChI=1S/C21H20BrNO5.ClH/c1-23-6-5-13(14(23)10-24)19-15(25)8-16(26)20-17(27)9-18(28-21(19)20)11-3-2-4-12(22)7-11;/h2-4,7-9,13-14,24-26H,5-6,10H2,1H3;1H. The molecule has 1 aromatic heterocycles. The van der Waals surface area contributed by atoms with Gasteiger partial charge in [0.2, 0.25) is 0 Å². The van der Waals surface area contributed by atoms with E-state index in [9.17, 15) is 20.1 Å². The molecule has 2 aromatic carbocycles. The van der Waals surface area contributed by atoms with E-state index in [4.69, 9.17) is 4.42 Å². The van der Waals surface area contributed by atoms with E-state index in [1.54, 1.807) is 0 Å². The summed E-state index contributed by atoms with van der Waals surface area (Å²) in [6, 6.07) is 9.65. The lowest BCUT2D eigenvalue weighted by Gasteiger charge is -2.24. The third kappa shape index (κ3) is 3.75. The fourth-order valence-corrected chi connectivity index (χ4v) is 4.47. The molecule has 0 spiro atoms. The fraction of sp³-hybridized carbons (Fsp3) is 0.286. The molecule has 1 aliphatic rings. The van der Waals surface area contributed by atoms with Gasteiger partial charge in [0.05, 0.1) is 6.61 Å². The molecule has 1 aliphatic heterocycles. The zero-order valence-electron chi connectivity index (χ0n) is 15.6. The van der Waals surface area contributed by atoms with Crippen molar-refractivity contribution in [2.24, 2.45) is 0 Å². The summed E-state index contributed by atoms with van der Waals surface area (Å²) in [4.78, 5) is 14.8. The number of phenols is 2. The molecule has 0 bridgehead atoms. The molecule has 0 amide bonds. The summed E-state index contributed by atoms with van der Waals surface area (Å²) in [5.41, 5.74) is 0.926. The van der Waals surface area contributed by atoms with Crippen molar-refractivity contribution in [1.82, 2.24) is 4.90 Å². The Hall–Kier alpha value is -2.06. The monoisotopic (exact) mass is 481 g/mol. The second kappa shape index (κ2) is 8.36. The zero-order chi connectivity index (χ0) is 20.0. The summed E-state index contributed by atoms with van der Waals surface area (Å²) in [7, 11) is 1.91. The summed E-state index contributed by atoms with van der Waals surface area (Å²) >= 11 is 3.41. The first kappa shape index (κ1) is 21.6. The predicted octanol–water partition coefficient (Wildman–Crippen LogP) is 3.84. The van der Waals surface area contributed by atoms with Gasteiger partial charge >= 0.3 is 0 Å². The van der Waals surface area contributed by atoms with Crippen LogP contribution >= 0.6 is 28.3 Å². The highest BCUT2D eigenvalue weighted by Gasteiger charge is 2.36. The van der Waals surface area contributed by atoms with E-state index in [2.05, 4.69) is 15.9 Å². The maximum absolute atomic E-state index is 12.8. The number of phenolic OH excluding ortho intramolecular Hbond substituents is 2. The van der Waals surface area contributed by atoms with Gasteiger partial charge in [-0.25, -0.2) is 0 Å². The summed E-state index contributed by atoms with van der Waals surface area (Å²) in [5.74, 6) is -0.341. The van der Waals surface area contributed by atoms with Crippen LogP contribution in [0.5, 0.6) is 11.5 Å². The number of aliphatic hydroxyl groups excluding tert-OH is 1. The van der Waals surface area contributed by atoms with Crippen molar-refractivity contribution in [3.63, 3.8) is 0 Å². The van der Waals surface area contributed by atoms with E-state index in [1.165, 1.54) is 12.1 Å². The molecule has 2 unspecified atom stereocenters. The Kier molecular flexibility index (Phi) is 6.24. The molecular weight excluding hydrogens is 462 g/mol. The van der Waals surface area contributed by atoms with Crippen molar-refractivity contribution in [1.29, 1.82) is 0 Å². The zero-order valence-corrected chi connectivity index (χ0v) is 18.0. The number of hydrogen-bond acceptors (Lipinski definition) is 6. The summed E-state index contributed by atoms with van der Waals surface area (Å²) in [5, 5.41) is 30.8. The number of benzene rings is 2. The average molecular weight is 483 g/mol. The van der Waals surface area contributed by atoms with Gasteiger partial charge < -0.3 is 24.6 Å². The molecule has 1 saturated heterocycles. The number of rotatable bonds is 3. The molecule has 0 radical (unpaired) electrons. The molecule has 3 N–H and O–H groups in total. The smallest absolute Gasteiger partial charge is 0.197 e. The topological polar surface area (TPSA) is 94.1 Å². The van der Waals surface area contributed by atoms with Gasteiger partial charge in [-0.2, -0.15) is 0 Å². The predicted molar refractivity (Wildman–Crippen MR) is 117 cm³/mol. The van der Waals surface area contributed by atoms with Crippen LogP contribution in [-0.2, 0) is 0 Å². The van der Waals surface area contributed by atoms with Crippen LogP contribution in [0.25, 0.3) is 22.3 Å². The molecule has 0 aliphatic carbocycles. The minimum absolute atomic E-state index is 0. The van der Waals surface area contributed by atoms with Crippen LogP contribution in [0, 0.1) is 0 Å². The van der Waals surface area contributed by atoms with Crippen LogP contribution in [0.4, 0.5) is 0 Å². The van der Waals surface area contributed by atoms with E-state index in [1.807, 2.05) is 36.2 Å². The van der Waals surface area contributed by atoms with Crippen molar-refractivity contribution in [3.8, 4) is 22.8 Å². The van der Waals surface area contributed by atoms with Crippen LogP contribution in [0.2, 0.25) is 0 Å². The van der Waals surface area contributed by atoms with E-state index < -0.39 is 0 Å². The maximum Gasteiger partial charge on any atom is 0.197 e. The van der Waals surface area contributed by atoms with Gasteiger partial charge in [-0.15, -0.1) is 12.4 Å². The first-order valence-corrected chi connectivity index (χ1v) is 9.79. The van der Waals surface area contributed by atoms with Crippen LogP contribution in [0.3, 0.4) is 0 Å². The number of halogens is 2. The Balaban J connectivity index is 0.00000240. The molecule has 29 heavy (non-hydrogen) atoms. The van der Waals surface area contributed by atoms with Gasteiger partial charge in [-0.05, 0) is 32.1 Å². The second-order valence-corrected chi connectivity index (χ2v) is 8.06. The molecule has 2 heterocycles. The van der Waals surface area contributed by atoms with Gasteiger partial charge in [0.25, 0.3) is 0 Å². The number of aliphatic hydroxyl groups is 1. The number of likely N-dealkylation sites (N-methyl/N-ethyl adjacent to an activating group) is 1. The molecule has 3 aromatic rings. The molecule has 2 atom stereocenters. The molecule has 0 saturated carbocycles. The molecule has 4 rings (SSSR count). The van der Waals surface area contributed by atoms with E-state index in [-0.39, 0.29) is 58.9 Å². The SMILES string of the molecule is CN1CCC(c2c(O)cc(O)c3c(=O)cc(-c4cccc(Br)c4)oc23)C1CO.Cl.